The van der Waals surface area contributed by atoms with Gasteiger partial charge < -0.3 is 25.2 Å². The molecule has 2 aromatic rings. The first-order valence-electron chi connectivity index (χ1n) is 9.55. The molecule has 0 unspecified atom stereocenters. The Morgan fingerprint density at radius 3 is 2.43 bits per heavy atom. The summed E-state index contributed by atoms with van der Waals surface area (Å²) in [5.41, 5.74) is 1.24. The highest BCUT2D eigenvalue weighted by Gasteiger charge is 2.15. The lowest BCUT2D eigenvalue weighted by atomic mass is 10.1. The third-order valence-electron chi connectivity index (χ3n) is 3.87. The number of hydrogen-bond acceptors (Lipinski definition) is 5. The smallest absolute Gasteiger partial charge is 0.337 e. The second kappa shape index (κ2) is 10.2. The van der Waals surface area contributed by atoms with E-state index in [0.29, 0.717) is 30.3 Å². The number of amides is 1. The van der Waals surface area contributed by atoms with E-state index in [1.165, 1.54) is 6.07 Å². The minimum atomic E-state index is -1.08. The van der Waals surface area contributed by atoms with Crippen LogP contribution in [0.15, 0.2) is 36.4 Å². The van der Waals surface area contributed by atoms with E-state index in [1.807, 2.05) is 39.8 Å². The zero-order valence-corrected chi connectivity index (χ0v) is 18.3. The van der Waals surface area contributed by atoms with Crippen LogP contribution in [0.1, 0.15) is 43.6 Å². The molecule has 8 heteroatoms. The molecule has 0 aliphatic rings. The van der Waals surface area contributed by atoms with Gasteiger partial charge in [-0.15, -0.1) is 0 Å². The number of aromatic carboxylic acids is 1. The first-order chi connectivity index (χ1) is 14.1. The number of benzene rings is 2. The Bertz CT molecular complexity index is 909. The largest absolute Gasteiger partial charge is 0.490 e. The van der Waals surface area contributed by atoms with E-state index in [2.05, 4.69) is 10.6 Å². The van der Waals surface area contributed by atoms with Gasteiger partial charge in [-0.05, 0) is 63.6 Å². The summed E-state index contributed by atoms with van der Waals surface area (Å²) in [6.07, 6.45) is 0. The molecule has 162 valence electrons. The molecule has 1 amide bonds. The molecule has 0 aliphatic heterocycles. The van der Waals surface area contributed by atoms with Crippen molar-refractivity contribution < 1.29 is 24.2 Å². The standard InChI is InChI=1S/C22H27ClN2O5/c1-5-29-19-10-14(6-9-18(19)30-13-20(26)25-22(2,3)4)12-24-15-7-8-17(23)16(11-15)21(27)28/h6-11,24H,5,12-13H2,1-4H3,(H,25,26)(H,27,28). The molecule has 0 bridgehead atoms. The number of hydrogen-bond donors (Lipinski definition) is 3. The van der Waals surface area contributed by atoms with E-state index in [0.717, 1.165) is 5.56 Å². The lowest BCUT2D eigenvalue weighted by molar-refractivity contribution is -0.124. The molecule has 0 aliphatic carbocycles. The maximum atomic E-state index is 12.0. The van der Waals surface area contributed by atoms with E-state index in [4.69, 9.17) is 21.1 Å². The van der Waals surface area contributed by atoms with Gasteiger partial charge in [0, 0.05) is 17.8 Å². The van der Waals surface area contributed by atoms with Crippen molar-refractivity contribution in [2.45, 2.75) is 39.8 Å². The van der Waals surface area contributed by atoms with Crippen LogP contribution in [0.25, 0.3) is 0 Å². The molecule has 0 heterocycles. The van der Waals surface area contributed by atoms with Crippen LogP contribution in [0.2, 0.25) is 5.02 Å². The number of carbonyl (C=O) groups is 2. The molecule has 2 rings (SSSR count). The number of rotatable bonds is 9. The van der Waals surface area contributed by atoms with Crippen LogP contribution in [-0.2, 0) is 11.3 Å². The molecule has 0 spiro atoms. The Kier molecular flexibility index (Phi) is 7.94. The molecule has 0 aromatic heterocycles. The maximum Gasteiger partial charge on any atom is 0.337 e. The molecular weight excluding hydrogens is 408 g/mol. The summed E-state index contributed by atoms with van der Waals surface area (Å²) in [5.74, 6) is -0.293. The second-order valence-corrected chi connectivity index (χ2v) is 8.06. The predicted octanol–water partition coefficient (Wildman–Crippen LogP) is 4.34. The Labute approximate surface area is 181 Å². The molecule has 0 fully saturated rings. The summed E-state index contributed by atoms with van der Waals surface area (Å²) in [7, 11) is 0. The first kappa shape index (κ1) is 23.3. The summed E-state index contributed by atoms with van der Waals surface area (Å²) in [5, 5.41) is 15.4. The van der Waals surface area contributed by atoms with E-state index in [1.54, 1.807) is 18.2 Å². The number of carboxylic acid groups (broad SMARTS) is 1. The molecule has 0 saturated carbocycles. The number of anilines is 1. The Morgan fingerprint density at radius 1 is 1.07 bits per heavy atom. The van der Waals surface area contributed by atoms with Gasteiger partial charge in [0.1, 0.15) is 0 Å². The molecule has 30 heavy (non-hydrogen) atoms. The fourth-order valence-corrected chi connectivity index (χ4v) is 2.85. The fraction of sp³-hybridized carbons (Fsp3) is 0.364. The van der Waals surface area contributed by atoms with Gasteiger partial charge in [-0.2, -0.15) is 0 Å². The van der Waals surface area contributed by atoms with Crippen LogP contribution in [0.5, 0.6) is 11.5 Å². The zero-order chi connectivity index (χ0) is 22.3. The summed E-state index contributed by atoms with van der Waals surface area (Å²) in [4.78, 5) is 23.2. The van der Waals surface area contributed by atoms with Gasteiger partial charge in [-0.25, -0.2) is 4.79 Å². The zero-order valence-electron chi connectivity index (χ0n) is 17.5. The Morgan fingerprint density at radius 2 is 1.80 bits per heavy atom. The van der Waals surface area contributed by atoms with E-state index >= 15 is 0 Å². The number of carboxylic acids is 1. The van der Waals surface area contributed by atoms with Crippen molar-refractivity contribution in [2.75, 3.05) is 18.5 Å². The molecule has 7 nitrogen and oxygen atoms in total. The number of halogens is 1. The van der Waals surface area contributed by atoms with Gasteiger partial charge in [-0.3, -0.25) is 4.79 Å². The van der Waals surface area contributed by atoms with Crippen molar-refractivity contribution in [2.24, 2.45) is 0 Å². The lowest BCUT2D eigenvalue weighted by Gasteiger charge is -2.21. The quantitative estimate of drug-likeness (QED) is 0.543. The van der Waals surface area contributed by atoms with Crippen molar-refractivity contribution in [3.05, 3.63) is 52.5 Å². The van der Waals surface area contributed by atoms with Crippen LogP contribution < -0.4 is 20.1 Å². The van der Waals surface area contributed by atoms with Gasteiger partial charge in [0.05, 0.1) is 17.2 Å². The molecule has 3 N–H and O–H groups in total. The van der Waals surface area contributed by atoms with Crippen LogP contribution in [0.3, 0.4) is 0 Å². The van der Waals surface area contributed by atoms with Crippen LogP contribution in [0, 0.1) is 0 Å². The minimum Gasteiger partial charge on any atom is -0.490 e. The number of carbonyl (C=O) groups excluding carboxylic acids is 1. The minimum absolute atomic E-state index is 0.0361. The number of ether oxygens (including phenoxy) is 2. The molecule has 0 atom stereocenters. The molecule has 2 aromatic carbocycles. The van der Waals surface area contributed by atoms with E-state index in [-0.39, 0.29) is 28.6 Å². The van der Waals surface area contributed by atoms with Gasteiger partial charge in [0.2, 0.25) is 0 Å². The van der Waals surface area contributed by atoms with E-state index in [9.17, 15) is 14.7 Å². The predicted molar refractivity (Wildman–Crippen MR) is 117 cm³/mol. The van der Waals surface area contributed by atoms with Gasteiger partial charge in [0.15, 0.2) is 18.1 Å². The van der Waals surface area contributed by atoms with Crippen LogP contribution in [-0.4, -0.2) is 35.7 Å². The van der Waals surface area contributed by atoms with Crippen LogP contribution in [0.4, 0.5) is 5.69 Å². The van der Waals surface area contributed by atoms with Gasteiger partial charge in [0.25, 0.3) is 5.91 Å². The number of nitrogens with one attached hydrogen (secondary N) is 2. The Balaban J connectivity index is 2.06. The van der Waals surface area contributed by atoms with Gasteiger partial charge in [-0.1, -0.05) is 17.7 Å². The average molecular weight is 435 g/mol. The third kappa shape index (κ3) is 7.15. The van der Waals surface area contributed by atoms with Crippen molar-refractivity contribution in [3.63, 3.8) is 0 Å². The Hall–Kier alpha value is -2.93. The molecular formula is C22H27ClN2O5. The SMILES string of the molecule is CCOc1cc(CNc2ccc(Cl)c(C(=O)O)c2)ccc1OCC(=O)NC(C)(C)C. The highest BCUT2D eigenvalue weighted by molar-refractivity contribution is 6.33. The van der Waals surface area contributed by atoms with Crippen LogP contribution >= 0.6 is 11.6 Å². The van der Waals surface area contributed by atoms with Crippen molar-refractivity contribution in [1.29, 1.82) is 0 Å². The second-order valence-electron chi connectivity index (χ2n) is 7.65. The normalized spacial score (nSPS) is 11.0. The highest BCUT2D eigenvalue weighted by atomic mass is 35.5. The summed E-state index contributed by atoms with van der Waals surface area (Å²) in [6, 6.07) is 10.2. The lowest BCUT2D eigenvalue weighted by Crippen LogP contribution is -2.43. The monoisotopic (exact) mass is 434 g/mol. The fourth-order valence-electron chi connectivity index (χ4n) is 2.65. The van der Waals surface area contributed by atoms with Gasteiger partial charge >= 0.3 is 5.97 Å². The van der Waals surface area contributed by atoms with Crippen molar-refractivity contribution in [1.82, 2.24) is 5.32 Å². The summed E-state index contributed by atoms with van der Waals surface area (Å²) >= 11 is 5.90. The summed E-state index contributed by atoms with van der Waals surface area (Å²) in [6.45, 7) is 8.33. The maximum absolute atomic E-state index is 12.0. The molecule has 0 saturated heterocycles. The molecule has 0 radical (unpaired) electrons. The third-order valence-corrected chi connectivity index (χ3v) is 4.20. The highest BCUT2D eigenvalue weighted by Crippen LogP contribution is 2.29. The summed E-state index contributed by atoms with van der Waals surface area (Å²) < 4.78 is 11.3. The van der Waals surface area contributed by atoms with Crippen molar-refractivity contribution >= 4 is 29.2 Å². The average Bonchev–Trinajstić information content (AvgIpc) is 2.65. The van der Waals surface area contributed by atoms with Crippen molar-refractivity contribution in [3.8, 4) is 11.5 Å². The first-order valence-corrected chi connectivity index (χ1v) is 9.93. The van der Waals surface area contributed by atoms with E-state index < -0.39 is 5.97 Å². The topological polar surface area (TPSA) is 96.9 Å².